The first-order valence-electron chi connectivity index (χ1n) is 8.21. The van der Waals surface area contributed by atoms with Gasteiger partial charge in [-0.25, -0.2) is 4.39 Å². The van der Waals surface area contributed by atoms with Crippen LogP contribution in [0.4, 0.5) is 29.1 Å². The fourth-order valence-corrected chi connectivity index (χ4v) is 2.87. The van der Waals surface area contributed by atoms with Crippen LogP contribution in [0.3, 0.4) is 0 Å². The molecule has 4 rings (SSSR count). The number of benzene rings is 2. The van der Waals surface area contributed by atoms with Crippen LogP contribution in [0, 0.1) is 5.82 Å². The third kappa shape index (κ3) is 3.48. The topological polar surface area (TPSA) is 50.7 Å². The summed E-state index contributed by atoms with van der Waals surface area (Å²) in [5.41, 5.74) is 0.0245. The second kappa shape index (κ2) is 6.88. The van der Waals surface area contributed by atoms with E-state index in [0.29, 0.717) is 17.4 Å². The molecular formula is C20H12F4N4. The van der Waals surface area contributed by atoms with E-state index in [1.54, 1.807) is 12.4 Å². The predicted octanol–water partition coefficient (Wildman–Crippen LogP) is 5.59. The smallest absolute Gasteiger partial charge is 0.338 e. The van der Waals surface area contributed by atoms with Crippen LogP contribution in [0.1, 0.15) is 5.56 Å². The van der Waals surface area contributed by atoms with Crippen molar-refractivity contribution in [1.29, 1.82) is 0 Å². The van der Waals surface area contributed by atoms with Crippen molar-refractivity contribution < 1.29 is 17.6 Å². The first-order valence-corrected chi connectivity index (χ1v) is 8.21. The summed E-state index contributed by atoms with van der Waals surface area (Å²) < 4.78 is 52.5. The van der Waals surface area contributed by atoms with Gasteiger partial charge in [0, 0.05) is 40.0 Å². The number of hydrogen-bond donors (Lipinski definition) is 1. The van der Waals surface area contributed by atoms with E-state index in [1.165, 1.54) is 12.3 Å². The Labute approximate surface area is 156 Å². The van der Waals surface area contributed by atoms with E-state index in [2.05, 4.69) is 20.5 Å². The molecule has 0 aliphatic rings. The lowest BCUT2D eigenvalue weighted by Crippen LogP contribution is -2.05. The number of anilines is 2. The van der Waals surface area contributed by atoms with Crippen LogP contribution in [0.15, 0.2) is 67.1 Å². The molecule has 0 unspecified atom stereocenters. The third-order valence-electron chi connectivity index (χ3n) is 4.21. The fraction of sp³-hybridized carbons (Fsp3) is 0.0500. The van der Waals surface area contributed by atoms with Crippen LogP contribution in [-0.4, -0.2) is 15.2 Å². The van der Waals surface area contributed by atoms with Gasteiger partial charge in [0.15, 0.2) is 5.82 Å². The zero-order chi connectivity index (χ0) is 19.7. The Morgan fingerprint density at radius 1 is 0.929 bits per heavy atom. The van der Waals surface area contributed by atoms with E-state index in [-0.39, 0.29) is 5.56 Å². The Hall–Kier alpha value is -3.55. The van der Waals surface area contributed by atoms with Crippen LogP contribution < -0.4 is 5.32 Å². The van der Waals surface area contributed by atoms with Gasteiger partial charge in [-0.15, -0.1) is 5.10 Å². The summed E-state index contributed by atoms with van der Waals surface area (Å²) >= 11 is 0. The van der Waals surface area contributed by atoms with Crippen LogP contribution in [0.2, 0.25) is 0 Å². The highest BCUT2D eigenvalue weighted by Gasteiger charge is 2.31. The number of fused-ring (bicyclic) bond motifs is 1. The summed E-state index contributed by atoms with van der Waals surface area (Å²) in [5.74, 6) is -0.647. The number of hydrogen-bond acceptors (Lipinski definition) is 4. The van der Waals surface area contributed by atoms with Crippen LogP contribution in [0.5, 0.6) is 0 Å². The highest BCUT2D eigenvalue weighted by molar-refractivity contribution is 5.94. The van der Waals surface area contributed by atoms with Crippen molar-refractivity contribution in [3.05, 3.63) is 78.5 Å². The Kier molecular flexibility index (Phi) is 4.38. The average molecular weight is 384 g/mol. The summed E-state index contributed by atoms with van der Waals surface area (Å²) in [6.45, 7) is 0. The van der Waals surface area contributed by atoms with E-state index in [4.69, 9.17) is 0 Å². The molecule has 0 spiro atoms. The molecule has 0 aliphatic heterocycles. The SMILES string of the molecule is Fc1cc(C(F)(F)F)ccc1-c1cnnc(Nc2cccc3cnccc23)c1. The first-order chi connectivity index (χ1) is 13.4. The molecule has 28 heavy (non-hydrogen) atoms. The normalized spacial score (nSPS) is 11.6. The molecule has 0 saturated heterocycles. The maximum Gasteiger partial charge on any atom is 0.416 e. The molecule has 0 radical (unpaired) electrons. The van der Waals surface area contributed by atoms with Gasteiger partial charge in [-0.1, -0.05) is 18.2 Å². The first kappa shape index (κ1) is 17.8. The number of nitrogens with zero attached hydrogens (tertiary/aromatic N) is 3. The molecule has 8 heteroatoms. The maximum absolute atomic E-state index is 14.3. The van der Waals surface area contributed by atoms with E-state index < -0.39 is 17.6 Å². The summed E-state index contributed by atoms with van der Waals surface area (Å²) in [7, 11) is 0. The lowest BCUT2D eigenvalue weighted by molar-refractivity contribution is -0.137. The number of alkyl halides is 3. The third-order valence-corrected chi connectivity index (χ3v) is 4.21. The van der Waals surface area contributed by atoms with Gasteiger partial charge in [0.1, 0.15) is 5.82 Å². The zero-order valence-electron chi connectivity index (χ0n) is 14.2. The molecule has 140 valence electrons. The van der Waals surface area contributed by atoms with E-state index in [9.17, 15) is 17.6 Å². The molecule has 0 fully saturated rings. The molecule has 0 aliphatic carbocycles. The van der Waals surface area contributed by atoms with Gasteiger partial charge in [-0.3, -0.25) is 4.98 Å². The zero-order valence-corrected chi connectivity index (χ0v) is 14.2. The molecular weight excluding hydrogens is 372 g/mol. The average Bonchev–Trinajstić information content (AvgIpc) is 2.68. The molecule has 4 nitrogen and oxygen atoms in total. The fourth-order valence-electron chi connectivity index (χ4n) is 2.87. The van der Waals surface area contributed by atoms with Crippen molar-refractivity contribution in [2.75, 3.05) is 5.32 Å². The largest absolute Gasteiger partial charge is 0.416 e. The van der Waals surface area contributed by atoms with Gasteiger partial charge < -0.3 is 5.32 Å². The van der Waals surface area contributed by atoms with Crippen LogP contribution in [0.25, 0.3) is 21.9 Å². The molecule has 1 N–H and O–H groups in total. The van der Waals surface area contributed by atoms with Gasteiger partial charge in [-0.05, 0) is 30.3 Å². The van der Waals surface area contributed by atoms with Gasteiger partial charge in [0.2, 0.25) is 0 Å². The van der Waals surface area contributed by atoms with E-state index >= 15 is 0 Å². The second-order valence-electron chi connectivity index (χ2n) is 6.05. The van der Waals surface area contributed by atoms with Crippen molar-refractivity contribution >= 4 is 22.3 Å². The van der Waals surface area contributed by atoms with Gasteiger partial charge in [0.05, 0.1) is 11.8 Å². The van der Waals surface area contributed by atoms with Gasteiger partial charge in [-0.2, -0.15) is 18.3 Å². The van der Waals surface area contributed by atoms with Crippen molar-refractivity contribution in [3.8, 4) is 11.1 Å². The molecule has 2 aromatic heterocycles. The summed E-state index contributed by atoms with van der Waals surface area (Å²) in [6.07, 6.45) is 0.0725. The highest BCUT2D eigenvalue weighted by Crippen LogP contribution is 2.33. The minimum Gasteiger partial charge on any atom is -0.338 e. The number of rotatable bonds is 3. The van der Waals surface area contributed by atoms with Crippen LogP contribution >= 0.6 is 0 Å². The Morgan fingerprint density at radius 3 is 2.57 bits per heavy atom. The quantitative estimate of drug-likeness (QED) is 0.468. The minimum absolute atomic E-state index is 0.00747. The molecule has 0 amide bonds. The molecule has 4 aromatic rings. The molecule has 0 bridgehead atoms. The van der Waals surface area contributed by atoms with E-state index in [0.717, 1.165) is 28.6 Å². The Bertz CT molecular complexity index is 1150. The lowest BCUT2D eigenvalue weighted by Gasteiger charge is -2.11. The number of aromatic nitrogens is 3. The Balaban J connectivity index is 1.69. The van der Waals surface area contributed by atoms with Gasteiger partial charge in [0.25, 0.3) is 0 Å². The van der Waals surface area contributed by atoms with Crippen molar-refractivity contribution in [1.82, 2.24) is 15.2 Å². The highest BCUT2D eigenvalue weighted by atomic mass is 19.4. The van der Waals surface area contributed by atoms with Crippen molar-refractivity contribution in [2.24, 2.45) is 0 Å². The number of halogens is 4. The van der Waals surface area contributed by atoms with Gasteiger partial charge >= 0.3 is 6.18 Å². The van der Waals surface area contributed by atoms with Crippen molar-refractivity contribution in [2.45, 2.75) is 6.18 Å². The minimum atomic E-state index is -4.61. The molecule has 2 heterocycles. The summed E-state index contributed by atoms with van der Waals surface area (Å²) in [5, 5.41) is 12.7. The lowest BCUT2D eigenvalue weighted by atomic mass is 10.0. The van der Waals surface area contributed by atoms with Crippen LogP contribution in [-0.2, 0) is 6.18 Å². The number of nitrogens with one attached hydrogen (secondary N) is 1. The second-order valence-corrected chi connectivity index (χ2v) is 6.05. The van der Waals surface area contributed by atoms with Crippen molar-refractivity contribution in [3.63, 3.8) is 0 Å². The summed E-state index contributed by atoms with van der Waals surface area (Å²) in [6, 6.07) is 11.4. The standard InChI is InChI=1S/C20H12F4N4/c21-17-9-14(20(22,23)24)4-5-15(17)13-8-19(28-26-11-13)27-18-3-1-2-12-10-25-7-6-16(12)18/h1-11H,(H,27,28). The summed E-state index contributed by atoms with van der Waals surface area (Å²) in [4.78, 5) is 4.07. The maximum atomic E-state index is 14.3. The Morgan fingerprint density at radius 2 is 1.79 bits per heavy atom. The molecule has 2 aromatic carbocycles. The molecule has 0 atom stereocenters. The van der Waals surface area contributed by atoms with E-state index in [1.807, 2.05) is 24.3 Å². The monoisotopic (exact) mass is 384 g/mol. The number of pyridine rings is 1. The predicted molar refractivity (Wildman–Crippen MR) is 97.5 cm³/mol. The molecule has 0 saturated carbocycles.